The molecule has 2 rings (SSSR count). The largest absolute Gasteiger partial charge is 0.493 e. The van der Waals surface area contributed by atoms with Crippen molar-refractivity contribution >= 4 is 5.97 Å². The summed E-state index contributed by atoms with van der Waals surface area (Å²) in [6.45, 7) is 4.58. The summed E-state index contributed by atoms with van der Waals surface area (Å²) in [6, 6.07) is 6.05. The first-order chi connectivity index (χ1) is 8.01. The molecule has 0 amide bonds. The summed E-state index contributed by atoms with van der Waals surface area (Å²) < 4.78 is 5.76. The summed E-state index contributed by atoms with van der Waals surface area (Å²) >= 11 is 0. The molecule has 1 fully saturated rings. The van der Waals surface area contributed by atoms with Gasteiger partial charge in [-0.2, -0.15) is 0 Å². The fourth-order valence-electron chi connectivity index (χ4n) is 2.06. The van der Waals surface area contributed by atoms with Crippen molar-refractivity contribution in [2.45, 2.75) is 33.1 Å². The molecule has 3 nitrogen and oxygen atoms in total. The van der Waals surface area contributed by atoms with Gasteiger partial charge in [0.1, 0.15) is 5.75 Å². The second-order valence-electron chi connectivity index (χ2n) is 5.13. The van der Waals surface area contributed by atoms with Crippen molar-refractivity contribution in [2.75, 3.05) is 6.61 Å². The number of ether oxygens (including phenoxy) is 1. The van der Waals surface area contributed by atoms with Gasteiger partial charge in [-0.15, -0.1) is 0 Å². The quantitative estimate of drug-likeness (QED) is 0.852. The van der Waals surface area contributed by atoms with Crippen molar-refractivity contribution in [3.63, 3.8) is 0 Å². The van der Waals surface area contributed by atoms with Crippen molar-refractivity contribution in [2.24, 2.45) is 5.41 Å². The Kier molecular flexibility index (Phi) is 3.09. The van der Waals surface area contributed by atoms with E-state index in [1.54, 1.807) is 0 Å². The van der Waals surface area contributed by atoms with E-state index in [0.717, 1.165) is 24.2 Å². The van der Waals surface area contributed by atoms with Crippen LogP contribution in [0.15, 0.2) is 18.2 Å². The Balaban J connectivity index is 1.96. The third kappa shape index (κ3) is 2.99. The maximum Gasteiger partial charge on any atom is 0.304 e. The van der Waals surface area contributed by atoms with Gasteiger partial charge in [-0.05, 0) is 38.3 Å². The average Bonchev–Trinajstić information content (AvgIpc) is 2.96. The summed E-state index contributed by atoms with van der Waals surface area (Å²) in [5.74, 6) is 0.138. The van der Waals surface area contributed by atoms with Crippen LogP contribution in [0.5, 0.6) is 5.75 Å². The molecule has 0 bridgehead atoms. The molecule has 0 radical (unpaired) electrons. The Morgan fingerprint density at radius 3 is 2.65 bits per heavy atom. The molecule has 92 valence electrons. The number of hydrogen-bond donors (Lipinski definition) is 1. The van der Waals surface area contributed by atoms with Crippen LogP contribution in [0.2, 0.25) is 0 Å². The van der Waals surface area contributed by atoms with Crippen molar-refractivity contribution < 1.29 is 14.6 Å². The highest BCUT2D eigenvalue weighted by Crippen LogP contribution is 2.49. The Labute approximate surface area is 101 Å². The van der Waals surface area contributed by atoms with E-state index in [4.69, 9.17) is 9.84 Å². The minimum atomic E-state index is -0.730. The van der Waals surface area contributed by atoms with E-state index in [1.165, 1.54) is 5.56 Å². The summed E-state index contributed by atoms with van der Waals surface area (Å²) in [4.78, 5) is 10.7. The predicted octanol–water partition coefficient (Wildman–Crippen LogP) is 2.94. The van der Waals surface area contributed by atoms with Crippen molar-refractivity contribution in [1.29, 1.82) is 0 Å². The Hall–Kier alpha value is -1.51. The van der Waals surface area contributed by atoms with E-state index >= 15 is 0 Å². The molecule has 0 heterocycles. The van der Waals surface area contributed by atoms with Gasteiger partial charge in [-0.1, -0.05) is 17.7 Å². The summed E-state index contributed by atoms with van der Waals surface area (Å²) in [5.41, 5.74) is 2.21. The van der Waals surface area contributed by atoms with Gasteiger partial charge in [0.05, 0.1) is 13.0 Å². The van der Waals surface area contributed by atoms with Crippen LogP contribution >= 0.6 is 0 Å². The van der Waals surface area contributed by atoms with Crippen LogP contribution in [0.3, 0.4) is 0 Å². The Morgan fingerprint density at radius 2 is 2.12 bits per heavy atom. The molecule has 1 aliphatic rings. The minimum absolute atomic E-state index is 0.108. The van der Waals surface area contributed by atoms with Crippen molar-refractivity contribution in [1.82, 2.24) is 0 Å². The topological polar surface area (TPSA) is 46.5 Å². The van der Waals surface area contributed by atoms with Gasteiger partial charge in [0.2, 0.25) is 0 Å². The van der Waals surface area contributed by atoms with E-state index in [-0.39, 0.29) is 11.8 Å². The lowest BCUT2D eigenvalue weighted by atomic mass is 10.0. The van der Waals surface area contributed by atoms with Crippen LogP contribution < -0.4 is 4.74 Å². The maximum atomic E-state index is 10.7. The maximum absolute atomic E-state index is 10.7. The van der Waals surface area contributed by atoms with Gasteiger partial charge >= 0.3 is 5.97 Å². The molecule has 1 N–H and O–H groups in total. The fraction of sp³-hybridized carbons (Fsp3) is 0.500. The van der Waals surface area contributed by atoms with Crippen molar-refractivity contribution in [3.05, 3.63) is 29.3 Å². The van der Waals surface area contributed by atoms with Crippen LogP contribution in [0.25, 0.3) is 0 Å². The number of rotatable bonds is 5. The molecular formula is C14H18O3. The second-order valence-corrected chi connectivity index (χ2v) is 5.13. The first-order valence-electron chi connectivity index (χ1n) is 5.93. The molecule has 17 heavy (non-hydrogen) atoms. The van der Waals surface area contributed by atoms with Gasteiger partial charge in [0, 0.05) is 5.41 Å². The Bertz CT molecular complexity index is 433. The standard InChI is InChI=1S/C14H18O3/c1-10-3-4-12(11(2)7-10)17-9-14(5-6-14)8-13(15)16/h3-4,7H,5-6,8-9H2,1-2H3,(H,15,16). The van der Waals surface area contributed by atoms with E-state index in [1.807, 2.05) is 26.0 Å². The highest BCUT2D eigenvalue weighted by molar-refractivity contribution is 5.68. The number of carbonyl (C=O) groups is 1. The molecule has 0 spiro atoms. The number of aliphatic carboxylic acids is 1. The van der Waals surface area contributed by atoms with Crippen LogP contribution in [0.1, 0.15) is 30.4 Å². The zero-order valence-corrected chi connectivity index (χ0v) is 10.3. The smallest absolute Gasteiger partial charge is 0.304 e. The number of carboxylic acid groups (broad SMARTS) is 1. The molecule has 3 heteroatoms. The third-order valence-electron chi connectivity index (χ3n) is 3.35. The molecule has 1 aliphatic carbocycles. The molecule has 0 unspecified atom stereocenters. The zero-order valence-electron chi connectivity index (χ0n) is 10.3. The highest BCUT2D eigenvalue weighted by atomic mass is 16.5. The first kappa shape index (κ1) is 12.0. The molecule has 0 atom stereocenters. The van der Waals surface area contributed by atoms with E-state index in [9.17, 15) is 4.79 Å². The molecule has 0 saturated heterocycles. The lowest BCUT2D eigenvalue weighted by molar-refractivity contribution is -0.138. The van der Waals surface area contributed by atoms with Crippen LogP contribution in [0, 0.1) is 19.3 Å². The molecule has 1 aromatic carbocycles. The fourth-order valence-corrected chi connectivity index (χ4v) is 2.06. The number of hydrogen-bond acceptors (Lipinski definition) is 2. The molecule has 0 aromatic heterocycles. The van der Waals surface area contributed by atoms with E-state index in [0.29, 0.717) is 6.61 Å². The zero-order chi connectivity index (χ0) is 12.5. The van der Waals surface area contributed by atoms with Crippen LogP contribution in [-0.2, 0) is 4.79 Å². The van der Waals surface area contributed by atoms with E-state index < -0.39 is 5.97 Å². The molecular weight excluding hydrogens is 216 g/mol. The van der Waals surface area contributed by atoms with Gasteiger partial charge in [-0.3, -0.25) is 4.79 Å². The van der Waals surface area contributed by atoms with Gasteiger partial charge < -0.3 is 9.84 Å². The van der Waals surface area contributed by atoms with Crippen LogP contribution in [0.4, 0.5) is 0 Å². The summed E-state index contributed by atoms with van der Waals surface area (Å²) in [5, 5.41) is 8.82. The third-order valence-corrected chi connectivity index (χ3v) is 3.35. The Morgan fingerprint density at radius 1 is 1.41 bits per heavy atom. The first-order valence-corrected chi connectivity index (χ1v) is 5.93. The lowest BCUT2D eigenvalue weighted by Gasteiger charge is -2.15. The lowest BCUT2D eigenvalue weighted by Crippen LogP contribution is -2.17. The molecule has 0 aliphatic heterocycles. The number of carboxylic acids is 1. The molecule has 1 saturated carbocycles. The van der Waals surface area contributed by atoms with E-state index in [2.05, 4.69) is 6.07 Å². The highest BCUT2D eigenvalue weighted by Gasteiger charge is 2.45. The average molecular weight is 234 g/mol. The SMILES string of the molecule is Cc1ccc(OCC2(CC(=O)O)CC2)c(C)c1. The van der Waals surface area contributed by atoms with Gasteiger partial charge in [0.25, 0.3) is 0 Å². The van der Waals surface area contributed by atoms with Gasteiger partial charge in [0.15, 0.2) is 0 Å². The summed E-state index contributed by atoms with van der Waals surface area (Å²) in [7, 11) is 0. The monoisotopic (exact) mass is 234 g/mol. The van der Waals surface area contributed by atoms with Gasteiger partial charge in [-0.25, -0.2) is 0 Å². The predicted molar refractivity (Wildman–Crippen MR) is 65.3 cm³/mol. The number of aryl methyl sites for hydroxylation is 2. The number of benzene rings is 1. The normalized spacial score (nSPS) is 16.6. The molecule has 1 aromatic rings. The summed E-state index contributed by atoms with van der Waals surface area (Å²) in [6.07, 6.45) is 2.15. The van der Waals surface area contributed by atoms with Crippen LogP contribution in [-0.4, -0.2) is 17.7 Å². The second kappa shape index (κ2) is 4.40. The minimum Gasteiger partial charge on any atom is -0.493 e. The van der Waals surface area contributed by atoms with Crippen molar-refractivity contribution in [3.8, 4) is 5.75 Å².